The van der Waals surface area contributed by atoms with E-state index in [1.807, 2.05) is 24.3 Å². The van der Waals surface area contributed by atoms with Crippen molar-refractivity contribution in [2.24, 2.45) is 0 Å². The lowest BCUT2D eigenvalue weighted by Gasteiger charge is -2.12. The number of nitrogens with one attached hydrogen (secondary N) is 1. The summed E-state index contributed by atoms with van der Waals surface area (Å²) in [6.45, 7) is 1.83. The number of methoxy groups -OCH3 is 1. The van der Waals surface area contributed by atoms with Gasteiger partial charge in [-0.15, -0.1) is 0 Å². The van der Waals surface area contributed by atoms with E-state index in [2.05, 4.69) is 5.32 Å². The lowest BCUT2D eigenvalue weighted by Crippen LogP contribution is -2.27. The Bertz CT molecular complexity index is 331. The minimum atomic E-state index is 0.756. The van der Waals surface area contributed by atoms with Crippen LogP contribution in [0, 0.1) is 0 Å². The highest BCUT2D eigenvalue weighted by molar-refractivity contribution is 5.31. The van der Waals surface area contributed by atoms with Crippen LogP contribution in [0.1, 0.15) is 32.1 Å². The van der Waals surface area contributed by atoms with Crippen LogP contribution in [0.5, 0.6) is 11.5 Å². The van der Waals surface area contributed by atoms with Gasteiger partial charge in [0, 0.05) is 6.04 Å². The monoisotopic (exact) mass is 249 g/mol. The van der Waals surface area contributed by atoms with Crippen LogP contribution in [-0.2, 0) is 0 Å². The molecule has 2 rings (SSSR count). The number of ether oxygens (including phenoxy) is 2. The maximum absolute atomic E-state index is 5.67. The first-order chi connectivity index (χ1) is 8.88. The first-order valence-corrected chi connectivity index (χ1v) is 6.89. The van der Waals surface area contributed by atoms with E-state index >= 15 is 0 Å². The molecule has 1 aromatic rings. The summed E-state index contributed by atoms with van der Waals surface area (Å²) >= 11 is 0. The first-order valence-electron chi connectivity index (χ1n) is 6.89. The van der Waals surface area contributed by atoms with Gasteiger partial charge in [-0.25, -0.2) is 0 Å². The third kappa shape index (κ3) is 4.22. The van der Waals surface area contributed by atoms with Gasteiger partial charge in [0.1, 0.15) is 11.5 Å². The van der Waals surface area contributed by atoms with E-state index < -0.39 is 0 Å². The second-order valence-corrected chi connectivity index (χ2v) is 4.81. The molecule has 1 saturated carbocycles. The average molecular weight is 249 g/mol. The van der Waals surface area contributed by atoms with Gasteiger partial charge in [0.15, 0.2) is 0 Å². The number of hydrogen-bond acceptors (Lipinski definition) is 3. The molecule has 0 radical (unpaired) electrons. The maximum Gasteiger partial charge on any atom is 0.119 e. The summed E-state index contributed by atoms with van der Waals surface area (Å²) in [5.74, 6) is 1.78. The van der Waals surface area contributed by atoms with Gasteiger partial charge in [0.05, 0.1) is 13.7 Å². The van der Waals surface area contributed by atoms with E-state index in [0.29, 0.717) is 0 Å². The molecule has 0 bridgehead atoms. The smallest absolute Gasteiger partial charge is 0.119 e. The van der Waals surface area contributed by atoms with Crippen molar-refractivity contribution in [2.45, 2.75) is 38.1 Å². The molecule has 3 heteroatoms. The average Bonchev–Trinajstić information content (AvgIpc) is 2.92. The second-order valence-electron chi connectivity index (χ2n) is 4.81. The molecule has 1 N–H and O–H groups in total. The fourth-order valence-corrected chi connectivity index (χ4v) is 2.37. The molecule has 1 aromatic carbocycles. The highest BCUT2D eigenvalue weighted by atomic mass is 16.5. The van der Waals surface area contributed by atoms with Crippen LogP contribution < -0.4 is 14.8 Å². The Hall–Kier alpha value is -1.22. The summed E-state index contributed by atoms with van der Waals surface area (Å²) in [6.07, 6.45) is 6.53. The fourth-order valence-electron chi connectivity index (χ4n) is 2.37. The van der Waals surface area contributed by atoms with E-state index in [-0.39, 0.29) is 0 Å². The maximum atomic E-state index is 5.67. The quantitative estimate of drug-likeness (QED) is 0.754. The van der Waals surface area contributed by atoms with Crippen molar-refractivity contribution in [3.05, 3.63) is 24.3 Å². The number of hydrogen-bond donors (Lipinski definition) is 1. The van der Waals surface area contributed by atoms with Gasteiger partial charge in [0.2, 0.25) is 0 Å². The Kier molecular flexibility index (Phi) is 5.34. The normalized spacial score (nSPS) is 15.8. The molecule has 0 aromatic heterocycles. The van der Waals surface area contributed by atoms with Crippen molar-refractivity contribution in [1.29, 1.82) is 0 Å². The summed E-state index contributed by atoms with van der Waals surface area (Å²) in [6, 6.07) is 8.50. The highest BCUT2D eigenvalue weighted by Gasteiger charge is 2.13. The molecule has 1 fully saturated rings. The van der Waals surface area contributed by atoms with Crippen molar-refractivity contribution in [3.8, 4) is 11.5 Å². The third-order valence-electron chi connectivity index (χ3n) is 3.44. The molecule has 0 spiro atoms. The standard InChI is InChI=1S/C15H23NO2/c1-17-14-7-9-15(10-8-14)18-12-4-11-16-13-5-2-3-6-13/h7-10,13,16H,2-6,11-12H2,1H3. The van der Waals surface area contributed by atoms with Crippen molar-refractivity contribution < 1.29 is 9.47 Å². The van der Waals surface area contributed by atoms with Gasteiger partial charge in [-0.1, -0.05) is 12.8 Å². The number of benzene rings is 1. The first kappa shape index (κ1) is 13.2. The van der Waals surface area contributed by atoms with Crippen LogP contribution in [0.3, 0.4) is 0 Å². The van der Waals surface area contributed by atoms with Gasteiger partial charge in [-0.2, -0.15) is 0 Å². The molecule has 1 aliphatic carbocycles. The fraction of sp³-hybridized carbons (Fsp3) is 0.600. The molecule has 0 amide bonds. The van der Waals surface area contributed by atoms with Crippen LogP contribution >= 0.6 is 0 Å². The van der Waals surface area contributed by atoms with Crippen LogP contribution in [0.15, 0.2) is 24.3 Å². The SMILES string of the molecule is COc1ccc(OCCCNC2CCCC2)cc1. The summed E-state index contributed by atoms with van der Waals surface area (Å²) in [4.78, 5) is 0. The molecular formula is C15H23NO2. The molecule has 3 nitrogen and oxygen atoms in total. The molecule has 1 aliphatic rings. The van der Waals surface area contributed by atoms with Gasteiger partial charge in [-0.05, 0) is 50.1 Å². The molecule has 0 aliphatic heterocycles. The topological polar surface area (TPSA) is 30.5 Å². The Labute approximate surface area is 109 Å². The lowest BCUT2D eigenvalue weighted by molar-refractivity contribution is 0.304. The highest BCUT2D eigenvalue weighted by Crippen LogP contribution is 2.18. The summed E-state index contributed by atoms with van der Waals surface area (Å²) in [5, 5.41) is 3.59. The Morgan fingerprint density at radius 2 is 1.78 bits per heavy atom. The molecule has 100 valence electrons. The van der Waals surface area contributed by atoms with E-state index in [0.717, 1.165) is 37.1 Å². The zero-order valence-electron chi connectivity index (χ0n) is 11.2. The molecule has 0 atom stereocenters. The van der Waals surface area contributed by atoms with Gasteiger partial charge >= 0.3 is 0 Å². The van der Waals surface area contributed by atoms with Crippen molar-refractivity contribution in [3.63, 3.8) is 0 Å². The van der Waals surface area contributed by atoms with E-state index in [1.165, 1.54) is 25.7 Å². The molecule has 0 heterocycles. The Morgan fingerprint density at radius 3 is 2.44 bits per heavy atom. The van der Waals surface area contributed by atoms with E-state index in [4.69, 9.17) is 9.47 Å². The van der Waals surface area contributed by atoms with Gasteiger partial charge < -0.3 is 14.8 Å². The van der Waals surface area contributed by atoms with Crippen LogP contribution in [0.2, 0.25) is 0 Å². The van der Waals surface area contributed by atoms with Crippen molar-refractivity contribution in [2.75, 3.05) is 20.3 Å². The summed E-state index contributed by atoms with van der Waals surface area (Å²) < 4.78 is 10.8. The van der Waals surface area contributed by atoms with Gasteiger partial charge in [-0.3, -0.25) is 0 Å². The molecule has 0 saturated heterocycles. The van der Waals surface area contributed by atoms with Crippen LogP contribution in [0.4, 0.5) is 0 Å². The minimum Gasteiger partial charge on any atom is -0.497 e. The predicted molar refractivity (Wildman–Crippen MR) is 73.4 cm³/mol. The van der Waals surface area contributed by atoms with Crippen molar-refractivity contribution >= 4 is 0 Å². The Morgan fingerprint density at radius 1 is 1.11 bits per heavy atom. The third-order valence-corrected chi connectivity index (χ3v) is 3.44. The lowest BCUT2D eigenvalue weighted by atomic mass is 10.2. The molecule has 0 unspecified atom stereocenters. The zero-order chi connectivity index (χ0) is 12.6. The zero-order valence-corrected chi connectivity index (χ0v) is 11.2. The van der Waals surface area contributed by atoms with E-state index in [1.54, 1.807) is 7.11 Å². The molecular weight excluding hydrogens is 226 g/mol. The van der Waals surface area contributed by atoms with Gasteiger partial charge in [0.25, 0.3) is 0 Å². The number of rotatable bonds is 7. The Balaban J connectivity index is 1.56. The predicted octanol–water partition coefficient (Wildman–Crippen LogP) is 3.00. The largest absolute Gasteiger partial charge is 0.497 e. The van der Waals surface area contributed by atoms with Crippen LogP contribution in [0.25, 0.3) is 0 Å². The summed E-state index contributed by atoms with van der Waals surface area (Å²) in [5.41, 5.74) is 0. The molecule has 18 heavy (non-hydrogen) atoms. The van der Waals surface area contributed by atoms with E-state index in [9.17, 15) is 0 Å². The van der Waals surface area contributed by atoms with Crippen molar-refractivity contribution in [1.82, 2.24) is 5.32 Å². The second kappa shape index (κ2) is 7.27. The summed E-state index contributed by atoms with van der Waals surface area (Å²) in [7, 11) is 1.67. The minimum absolute atomic E-state index is 0.756. The van der Waals surface area contributed by atoms with Crippen LogP contribution in [-0.4, -0.2) is 26.3 Å².